The smallest absolute Gasteiger partial charge is 0.118 e. The molecule has 1 aliphatic carbocycles. The Hall–Kier alpha value is -0.800. The van der Waals surface area contributed by atoms with E-state index in [0.29, 0.717) is 18.1 Å². The zero-order valence-corrected chi connectivity index (χ0v) is 13.4. The van der Waals surface area contributed by atoms with Gasteiger partial charge in [0.05, 0.1) is 19.3 Å². The van der Waals surface area contributed by atoms with Crippen molar-refractivity contribution in [2.75, 3.05) is 6.54 Å². The van der Waals surface area contributed by atoms with Gasteiger partial charge in [-0.15, -0.1) is 0 Å². The van der Waals surface area contributed by atoms with Crippen LogP contribution in [0.25, 0.3) is 0 Å². The van der Waals surface area contributed by atoms with Gasteiger partial charge in [-0.3, -0.25) is 0 Å². The Kier molecular flexibility index (Phi) is 5.28. The molecule has 0 atom stereocenters. The lowest BCUT2D eigenvalue weighted by atomic mass is 9.76. The van der Waals surface area contributed by atoms with Gasteiger partial charge >= 0.3 is 0 Å². The average molecular weight is 279 g/mol. The summed E-state index contributed by atoms with van der Waals surface area (Å²) in [5, 5.41) is 3.29. The average Bonchev–Trinajstić information content (AvgIpc) is 2.76. The van der Waals surface area contributed by atoms with Crippen molar-refractivity contribution >= 4 is 0 Å². The molecule has 1 N–H and O–H groups in total. The van der Waals surface area contributed by atoms with Crippen molar-refractivity contribution in [1.29, 1.82) is 0 Å². The molecule has 1 aromatic heterocycles. The van der Waals surface area contributed by atoms with Crippen molar-refractivity contribution in [3.8, 4) is 0 Å². The van der Waals surface area contributed by atoms with Crippen molar-refractivity contribution in [2.24, 2.45) is 5.41 Å². The molecule has 0 saturated heterocycles. The van der Waals surface area contributed by atoms with Crippen LogP contribution >= 0.6 is 0 Å². The van der Waals surface area contributed by atoms with E-state index in [4.69, 9.17) is 9.15 Å². The van der Waals surface area contributed by atoms with Crippen LogP contribution in [0.3, 0.4) is 0 Å². The first-order valence-electron chi connectivity index (χ1n) is 7.90. The molecule has 0 unspecified atom stereocenters. The van der Waals surface area contributed by atoms with Crippen LogP contribution in [0.2, 0.25) is 0 Å². The molecule has 3 nitrogen and oxygen atoms in total. The van der Waals surface area contributed by atoms with Crippen LogP contribution in [-0.4, -0.2) is 12.6 Å². The number of furan rings is 1. The number of hydrogen-bond donors (Lipinski definition) is 1. The normalized spacial score (nSPS) is 19.4. The van der Waals surface area contributed by atoms with Gasteiger partial charge in [0, 0.05) is 5.56 Å². The van der Waals surface area contributed by atoms with Crippen molar-refractivity contribution < 1.29 is 9.15 Å². The third-order valence-electron chi connectivity index (χ3n) is 4.38. The summed E-state index contributed by atoms with van der Waals surface area (Å²) < 4.78 is 11.8. The van der Waals surface area contributed by atoms with Crippen LogP contribution in [0.1, 0.15) is 63.5 Å². The standard InChI is InChI=1S/C17H29NO2/c1-5-18-11-16-10-14(13(2)20-16)12-19-15-6-8-17(3,4)9-7-15/h10,15,18H,5-9,11-12H2,1-4H3. The van der Waals surface area contributed by atoms with E-state index in [1.54, 1.807) is 0 Å². The molecular formula is C17H29NO2. The quantitative estimate of drug-likeness (QED) is 0.848. The van der Waals surface area contributed by atoms with E-state index in [2.05, 4.69) is 32.2 Å². The minimum absolute atomic E-state index is 0.426. The van der Waals surface area contributed by atoms with Crippen LogP contribution in [0.15, 0.2) is 10.5 Å². The molecule has 0 radical (unpaired) electrons. The number of rotatable bonds is 6. The SMILES string of the molecule is CCNCc1cc(COC2CCC(C)(C)CC2)c(C)o1. The summed E-state index contributed by atoms with van der Waals surface area (Å²) in [6, 6.07) is 2.13. The van der Waals surface area contributed by atoms with Crippen molar-refractivity contribution in [3.05, 3.63) is 23.2 Å². The Morgan fingerprint density at radius 1 is 1.35 bits per heavy atom. The van der Waals surface area contributed by atoms with Gasteiger partial charge in [0.15, 0.2) is 0 Å². The number of aryl methyl sites for hydroxylation is 1. The molecule has 1 heterocycles. The molecule has 1 saturated carbocycles. The number of hydrogen-bond acceptors (Lipinski definition) is 3. The van der Waals surface area contributed by atoms with Crippen LogP contribution < -0.4 is 5.32 Å². The molecule has 3 heteroatoms. The van der Waals surface area contributed by atoms with E-state index < -0.39 is 0 Å². The fraction of sp³-hybridized carbons (Fsp3) is 0.765. The summed E-state index contributed by atoms with van der Waals surface area (Å²) in [7, 11) is 0. The molecule has 0 amide bonds. The Morgan fingerprint density at radius 3 is 2.70 bits per heavy atom. The highest BCUT2D eigenvalue weighted by atomic mass is 16.5. The second-order valence-electron chi connectivity index (χ2n) is 6.75. The third-order valence-corrected chi connectivity index (χ3v) is 4.38. The minimum Gasteiger partial charge on any atom is -0.465 e. The lowest BCUT2D eigenvalue weighted by molar-refractivity contribution is -0.00598. The van der Waals surface area contributed by atoms with Gasteiger partial charge < -0.3 is 14.5 Å². The first kappa shape index (κ1) is 15.6. The van der Waals surface area contributed by atoms with Crippen LogP contribution in [0.4, 0.5) is 0 Å². The summed E-state index contributed by atoms with van der Waals surface area (Å²) in [4.78, 5) is 0. The van der Waals surface area contributed by atoms with E-state index in [1.807, 2.05) is 6.92 Å². The predicted octanol–water partition coefficient (Wildman–Crippen LogP) is 4.18. The van der Waals surface area contributed by atoms with Gasteiger partial charge in [-0.05, 0) is 50.6 Å². The van der Waals surface area contributed by atoms with Gasteiger partial charge in [0.2, 0.25) is 0 Å². The molecule has 0 aromatic carbocycles. The summed E-state index contributed by atoms with van der Waals surface area (Å²) >= 11 is 0. The lowest BCUT2D eigenvalue weighted by Crippen LogP contribution is -2.26. The van der Waals surface area contributed by atoms with Crippen LogP contribution in [-0.2, 0) is 17.9 Å². The van der Waals surface area contributed by atoms with Gasteiger partial charge in [0.25, 0.3) is 0 Å². The summed E-state index contributed by atoms with van der Waals surface area (Å²) in [5.74, 6) is 2.00. The first-order valence-corrected chi connectivity index (χ1v) is 7.90. The number of ether oxygens (including phenoxy) is 1. The zero-order chi connectivity index (χ0) is 14.6. The highest BCUT2D eigenvalue weighted by Crippen LogP contribution is 2.36. The molecule has 114 valence electrons. The zero-order valence-electron chi connectivity index (χ0n) is 13.4. The number of nitrogens with one attached hydrogen (secondary N) is 1. The van der Waals surface area contributed by atoms with E-state index in [-0.39, 0.29) is 0 Å². The minimum atomic E-state index is 0.426. The van der Waals surface area contributed by atoms with Crippen molar-refractivity contribution in [2.45, 2.75) is 72.6 Å². The highest BCUT2D eigenvalue weighted by Gasteiger charge is 2.27. The van der Waals surface area contributed by atoms with Gasteiger partial charge in [-0.25, -0.2) is 0 Å². The Balaban J connectivity index is 1.80. The first-order chi connectivity index (χ1) is 9.50. The van der Waals surface area contributed by atoms with Crippen molar-refractivity contribution in [3.63, 3.8) is 0 Å². The lowest BCUT2D eigenvalue weighted by Gasteiger charge is -2.34. The summed E-state index contributed by atoms with van der Waals surface area (Å²) in [6.07, 6.45) is 5.35. The Bertz CT molecular complexity index is 413. The molecule has 2 rings (SSSR count). The maximum atomic E-state index is 6.08. The van der Waals surface area contributed by atoms with E-state index >= 15 is 0 Å². The molecule has 0 bridgehead atoms. The molecule has 1 aromatic rings. The fourth-order valence-corrected chi connectivity index (χ4v) is 2.81. The van der Waals surface area contributed by atoms with E-state index in [1.165, 1.54) is 31.2 Å². The molecule has 1 fully saturated rings. The van der Waals surface area contributed by atoms with Gasteiger partial charge in [-0.2, -0.15) is 0 Å². The molecular weight excluding hydrogens is 250 g/mol. The molecule has 1 aliphatic rings. The topological polar surface area (TPSA) is 34.4 Å². The summed E-state index contributed by atoms with van der Waals surface area (Å²) in [5.41, 5.74) is 1.70. The van der Waals surface area contributed by atoms with Gasteiger partial charge in [0.1, 0.15) is 11.5 Å². The van der Waals surface area contributed by atoms with E-state index in [9.17, 15) is 0 Å². The maximum Gasteiger partial charge on any atom is 0.118 e. The maximum absolute atomic E-state index is 6.08. The Labute approximate surface area is 123 Å². The molecule has 20 heavy (non-hydrogen) atoms. The summed E-state index contributed by atoms with van der Waals surface area (Å²) in [6.45, 7) is 11.3. The molecule has 0 spiro atoms. The van der Waals surface area contributed by atoms with Crippen LogP contribution in [0, 0.1) is 12.3 Å². The second-order valence-corrected chi connectivity index (χ2v) is 6.75. The third kappa shape index (κ3) is 4.35. The monoisotopic (exact) mass is 279 g/mol. The molecule has 0 aliphatic heterocycles. The second kappa shape index (κ2) is 6.77. The van der Waals surface area contributed by atoms with E-state index in [0.717, 1.165) is 24.6 Å². The van der Waals surface area contributed by atoms with Gasteiger partial charge in [-0.1, -0.05) is 20.8 Å². The highest BCUT2D eigenvalue weighted by molar-refractivity contribution is 5.20. The predicted molar refractivity (Wildman–Crippen MR) is 81.7 cm³/mol. The largest absolute Gasteiger partial charge is 0.465 e. The van der Waals surface area contributed by atoms with Crippen molar-refractivity contribution in [1.82, 2.24) is 5.32 Å². The fourth-order valence-electron chi connectivity index (χ4n) is 2.81. The van der Waals surface area contributed by atoms with Crippen LogP contribution in [0.5, 0.6) is 0 Å². The Morgan fingerprint density at radius 2 is 2.05 bits per heavy atom.